The molecule has 3 rings (SSSR count). The van der Waals surface area contributed by atoms with Crippen molar-refractivity contribution in [3.8, 4) is 0 Å². The molecule has 0 aliphatic carbocycles. The van der Waals surface area contributed by atoms with Crippen molar-refractivity contribution in [2.45, 2.75) is 90.0 Å². The van der Waals surface area contributed by atoms with Gasteiger partial charge < -0.3 is 14.4 Å². The van der Waals surface area contributed by atoms with Crippen LogP contribution < -0.4 is 5.46 Å². The van der Waals surface area contributed by atoms with Crippen molar-refractivity contribution in [2.75, 3.05) is 13.2 Å². The number of aliphatic hydroxyl groups is 1. The second-order valence-corrected chi connectivity index (χ2v) is 9.11. The van der Waals surface area contributed by atoms with Crippen LogP contribution in [-0.4, -0.2) is 47.5 Å². The topological polar surface area (TPSA) is 41.9 Å². The van der Waals surface area contributed by atoms with Crippen molar-refractivity contribution in [3.63, 3.8) is 0 Å². The van der Waals surface area contributed by atoms with Crippen LogP contribution in [0.5, 0.6) is 0 Å². The molecule has 0 radical (unpaired) electrons. The van der Waals surface area contributed by atoms with Crippen molar-refractivity contribution >= 4 is 12.6 Å². The summed E-state index contributed by atoms with van der Waals surface area (Å²) >= 11 is 0. The Balaban J connectivity index is 1.76. The summed E-state index contributed by atoms with van der Waals surface area (Å²) in [6.45, 7) is 12.0. The minimum Gasteiger partial charge on any atom is -0.399 e. The van der Waals surface area contributed by atoms with Gasteiger partial charge in [0, 0.05) is 18.7 Å². The third kappa shape index (κ3) is 4.27. The largest absolute Gasteiger partial charge is 0.494 e. The van der Waals surface area contributed by atoms with Gasteiger partial charge in [-0.1, -0.05) is 31.2 Å². The molecule has 5 heteroatoms. The zero-order valence-corrected chi connectivity index (χ0v) is 17.7. The molecule has 1 unspecified atom stereocenters. The highest BCUT2D eigenvalue weighted by atomic mass is 16.7. The van der Waals surface area contributed by atoms with Crippen LogP contribution in [0.1, 0.15) is 78.3 Å². The van der Waals surface area contributed by atoms with E-state index in [2.05, 4.69) is 63.8 Å². The fourth-order valence-electron chi connectivity index (χ4n) is 4.40. The zero-order chi connectivity index (χ0) is 19.7. The number of hydrogen-bond acceptors (Lipinski definition) is 4. The third-order valence-corrected chi connectivity index (χ3v) is 6.68. The lowest BCUT2D eigenvalue weighted by molar-refractivity contribution is 0.00578. The van der Waals surface area contributed by atoms with Gasteiger partial charge in [0.25, 0.3) is 0 Å². The standard InChI is InChI=1S/C22H36BNO3/c1-6-15-24-19(14-16-25)8-7-9-20(24)17-10-12-18(13-11-17)23-26-21(2,3)22(4,5)27-23/h10-13,19-20,25H,6-9,14-16H2,1-5H3/t19?,20-/m0/s1. The summed E-state index contributed by atoms with van der Waals surface area (Å²) in [5.41, 5.74) is 1.83. The van der Waals surface area contributed by atoms with Crippen molar-refractivity contribution in [3.05, 3.63) is 29.8 Å². The van der Waals surface area contributed by atoms with Crippen LogP contribution in [0.15, 0.2) is 24.3 Å². The summed E-state index contributed by atoms with van der Waals surface area (Å²) in [6, 6.07) is 9.76. The molecule has 0 aromatic heterocycles. The summed E-state index contributed by atoms with van der Waals surface area (Å²) in [5, 5.41) is 9.45. The summed E-state index contributed by atoms with van der Waals surface area (Å²) in [6.07, 6.45) is 5.64. The maximum atomic E-state index is 9.45. The fourth-order valence-corrected chi connectivity index (χ4v) is 4.40. The lowest BCUT2D eigenvalue weighted by Gasteiger charge is -2.42. The van der Waals surface area contributed by atoms with Gasteiger partial charge in [0.1, 0.15) is 0 Å². The van der Waals surface area contributed by atoms with Crippen LogP contribution in [0.3, 0.4) is 0 Å². The Morgan fingerprint density at radius 1 is 1.07 bits per heavy atom. The van der Waals surface area contributed by atoms with Gasteiger partial charge in [-0.2, -0.15) is 0 Å². The molecule has 150 valence electrons. The molecular weight excluding hydrogens is 337 g/mol. The average molecular weight is 373 g/mol. The Kier molecular flexibility index (Phi) is 6.36. The fraction of sp³-hybridized carbons (Fsp3) is 0.727. The minimum absolute atomic E-state index is 0.276. The van der Waals surface area contributed by atoms with Gasteiger partial charge in [-0.15, -0.1) is 0 Å². The molecule has 2 aliphatic rings. The number of rotatable bonds is 6. The Morgan fingerprint density at radius 3 is 2.26 bits per heavy atom. The molecule has 2 fully saturated rings. The molecule has 2 heterocycles. The van der Waals surface area contributed by atoms with Crippen LogP contribution in [0.2, 0.25) is 0 Å². The Bertz CT molecular complexity index is 598. The zero-order valence-electron chi connectivity index (χ0n) is 17.7. The Morgan fingerprint density at radius 2 is 1.70 bits per heavy atom. The van der Waals surface area contributed by atoms with Gasteiger partial charge in [-0.05, 0) is 77.4 Å². The Hall–Kier alpha value is -0.875. The van der Waals surface area contributed by atoms with Crippen molar-refractivity contribution in [1.82, 2.24) is 4.90 Å². The monoisotopic (exact) mass is 373 g/mol. The number of piperidine rings is 1. The third-order valence-electron chi connectivity index (χ3n) is 6.68. The van der Waals surface area contributed by atoms with Gasteiger partial charge in [0.2, 0.25) is 0 Å². The molecule has 0 amide bonds. The summed E-state index contributed by atoms with van der Waals surface area (Å²) < 4.78 is 12.4. The molecule has 1 aromatic carbocycles. The van der Waals surface area contributed by atoms with Crippen molar-refractivity contribution in [2.24, 2.45) is 0 Å². The summed E-state index contributed by atoms with van der Waals surface area (Å²) in [4.78, 5) is 2.61. The molecule has 1 aromatic rings. The summed E-state index contributed by atoms with van der Waals surface area (Å²) in [7, 11) is -0.302. The first-order chi connectivity index (χ1) is 12.8. The number of nitrogens with zero attached hydrogens (tertiary/aromatic N) is 1. The smallest absolute Gasteiger partial charge is 0.399 e. The van der Waals surface area contributed by atoms with Gasteiger partial charge in [0.05, 0.1) is 11.2 Å². The minimum atomic E-state index is -0.310. The van der Waals surface area contributed by atoms with Gasteiger partial charge in [-0.25, -0.2) is 0 Å². The van der Waals surface area contributed by atoms with E-state index in [4.69, 9.17) is 9.31 Å². The van der Waals surface area contributed by atoms with E-state index in [0.29, 0.717) is 12.1 Å². The van der Waals surface area contributed by atoms with E-state index in [1.165, 1.54) is 24.8 Å². The molecule has 0 saturated carbocycles. The number of likely N-dealkylation sites (tertiary alicyclic amines) is 1. The van der Waals surface area contributed by atoms with Crippen LogP contribution in [0.25, 0.3) is 0 Å². The highest BCUT2D eigenvalue weighted by Crippen LogP contribution is 2.37. The van der Waals surface area contributed by atoms with Crippen molar-refractivity contribution in [1.29, 1.82) is 0 Å². The van der Waals surface area contributed by atoms with Gasteiger partial charge in [0.15, 0.2) is 0 Å². The van der Waals surface area contributed by atoms with E-state index in [-0.39, 0.29) is 24.9 Å². The summed E-state index contributed by atoms with van der Waals surface area (Å²) in [5.74, 6) is 0. The number of benzene rings is 1. The molecule has 27 heavy (non-hydrogen) atoms. The van der Waals surface area contributed by atoms with Gasteiger partial charge in [-0.3, -0.25) is 4.90 Å². The lowest BCUT2D eigenvalue weighted by Crippen LogP contribution is -2.43. The number of hydrogen-bond donors (Lipinski definition) is 1. The highest BCUT2D eigenvalue weighted by Gasteiger charge is 2.51. The van der Waals surface area contributed by atoms with Crippen LogP contribution in [0, 0.1) is 0 Å². The van der Waals surface area contributed by atoms with Gasteiger partial charge >= 0.3 is 7.12 Å². The molecular formula is C22H36BNO3. The highest BCUT2D eigenvalue weighted by molar-refractivity contribution is 6.62. The van der Waals surface area contributed by atoms with Crippen LogP contribution in [0.4, 0.5) is 0 Å². The first-order valence-electron chi connectivity index (χ1n) is 10.6. The first kappa shape index (κ1) is 20.8. The maximum absolute atomic E-state index is 9.45. The molecule has 0 bridgehead atoms. The van der Waals surface area contributed by atoms with E-state index in [1.54, 1.807) is 0 Å². The van der Waals surface area contributed by atoms with E-state index in [1.807, 2.05) is 0 Å². The molecule has 2 aliphatic heterocycles. The van der Waals surface area contributed by atoms with Crippen LogP contribution in [-0.2, 0) is 9.31 Å². The predicted octanol–water partition coefficient (Wildman–Crippen LogP) is 3.67. The van der Waals surface area contributed by atoms with E-state index in [0.717, 1.165) is 24.8 Å². The molecule has 2 atom stereocenters. The lowest BCUT2D eigenvalue weighted by atomic mass is 9.78. The second-order valence-electron chi connectivity index (χ2n) is 9.11. The molecule has 1 N–H and O–H groups in total. The quantitative estimate of drug-likeness (QED) is 0.773. The first-order valence-corrected chi connectivity index (χ1v) is 10.6. The normalized spacial score (nSPS) is 27.9. The second kappa shape index (κ2) is 8.24. The SMILES string of the molecule is CCCN1C(CCO)CCC[C@H]1c1ccc(B2OC(C)(C)C(C)(C)O2)cc1. The maximum Gasteiger partial charge on any atom is 0.494 e. The molecule has 0 spiro atoms. The molecule has 2 saturated heterocycles. The predicted molar refractivity (Wildman–Crippen MR) is 111 cm³/mol. The van der Waals surface area contributed by atoms with Crippen LogP contribution >= 0.6 is 0 Å². The van der Waals surface area contributed by atoms with Crippen molar-refractivity contribution < 1.29 is 14.4 Å². The molecule has 4 nitrogen and oxygen atoms in total. The Labute approximate surface area is 165 Å². The number of aliphatic hydroxyl groups excluding tert-OH is 1. The van der Waals surface area contributed by atoms with E-state index in [9.17, 15) is 5.11 Å². The van der Waals surface area contributed by atoms with E-state index < -0.39 is 0 Å². The van der Waals surface area contributed by atoms with E-state index >= 15 is 0 Å². The average Bonchev–Trinajstić information content (AvgIpc) is 2.85.